The summed E-state index contributed by atoms with van der Waals surface area (Å²) < 4.78 is 38.5. The van der Waals surface area contributed by atoms with Gasteiger partial charge in [-0.1, -0.05) is 29.8 Å². The molecule has 0 aliphatic rings. The van der Waals surface area contributed by atoms with Crippen LogP contribution >= 0.6 is 11.6 Å². The second-order valence-corrected chi connectivity index (χ2v) is 6.23. The second kappa shape index (κ2) is 8.88. The third kappa shape index (κ3) is 6.58. The van der Waals surface area contributed by atoms with E-state index in [2.05, 4.69) is 10.6 Å². The smallest absolute Gasteiger partial charge is 0.325 e. The quantitative estimate of drug-likeness (QED) is 0.775. The molecule has 0 saturated carbocycles. The minimum absolute atomic E-state index is 0.0288. The molecule has 144 valence electrons. The van der Waals surface area contributed by atoms with Crippen LogP contribution in [0.2, 0.25) is 5.02 Å². The molecule has 0 aliphatic heterocycles. The van der Waals surface area contributed by atoms with Gasteiger partial charge < -0.3 is 10.6 Å². The highest BCUT2D eigenvalue weighted by atomic mass is 35.5. The number of anilines is 2. The van der Waals surface area contributed by atoms with Crippen molar-refractivity contribution in [3.63, 3.8) is 0 Å². The maximum absolute atomic E-state index is 12.8. The lowest BCUT2D eigenvalue weighted by Crippen LogP contribution is -2.36. The highest BCUT2D eigenvalue weighted by Gasteiger charge is 2.33. The van der Waals surface area contributed by atoms with Crippen molar-refractivity contribution in [2.45, 2.75) is 6.18 Å². The van der Waals surface area contributed by atoms with Crippen LogP contribution < -0.4 is 10.6 Å². The predicted molar refractivity (Wildman–Crippen MR) is 97.7 cm³/mol. The van der Waals surface area contributed by atoms with Crippen LogP contribution in [-0.2, 0) is 15.8 Å². The third-order valence-electron chi connectivity index (χ3n) is 3.44. The average molecular weight is 400 g/mol. The third-order valence-corrected chi connectivity index (χ3v) is 3.77. The van der Waals surface area contributed by atoms with Crippen molar-refractivity contribution in [2.75, 3.05) is 30.8 Å². The number of benzene rings is 2. The first-order valence-corrected chi connectivity index (χ1v) is 8.23. The fourth-order valence-electron chi connectivity index (χ4n) is 2.29. The molecule has 0 radical (unpaired) electrons. The van der Waals surface area contributed by atoms with Crippen LogP contribution in [0.1, 0.15) is 5.56 Å². The Hall–Kier alpha value is -2.58. The van der Waals surface area contributed by atoms with Crippen molar-refractivity contribution in [3.05, 3.63) is 59.1 Å². The fourth-order valence-corrected chi connectivity index (χ4v) is 2.51. The van der Waals surface area contributed by atoms with Gasteiger partial charge in [0.05, 0.1) is 23.7 Å². The second-order valence-electron chi connectivity index (χ2n) is 5.83. The van der Waals surface area contributed by atoms with Crippen LogP contribution in [0.15, 0.2) is 48.5 Å². The number of carbonyl (C=O) groups is 2. The summed E-state index contributed by atoms with van der Waals surface area (Å²) in [5.41, 5.74) is -0.433. The van der Waals surface area contributed by atoms with Gasteiger partial charge in [0.2, 0.25) is 11.8 Å². The molecule has 2 rings (SSSR count). The first kappa shape index (κ1) is 20.7. The lowest BCUT2D eigenvalue weighted by atomic mass is 10.2. The normalized spacial score (nSPS) is 11.3. The van der Waals surface area contributed by atoms with Crippen LogP contribution in [0.4, 0.5) is 24.5 Å². The van der Waals surface area contributed by atoms with E-state index in [-0.39, 0.29) is 24.7 Å². The Bertz CT molecular complexity index is 813. The molecule has 2 aromatic carbocycles. The molecule has 2 N–H and O–H groups in total. The molecule has 0 bridgehead atoms. The van der Waals surface area contributed by atoms with E-state index in [1.54, 1.807) is 31.3 Å². The summed E-state index contributed by atoms with van der Waals surface area (Å²) in [5, 5.41) is 4.59. The first-order valence-electron chi connectivity index (χ1n) is 7.85. The molecule has 0 fully saturated rings. The largest absolute Gasteiger partial charge is 0.417 e. The monoisotopic (exact) mass is 399 g/mol. The Balaban J connectivity index is 1.89. The van der Waals surface area contributed by atoms with E-state index in [1.807, 2.05) is 6.07 Å². The van der Waals surface area contributed by atoms with E-state index in [0.717, 1.165) is 12.1 Å². The number of hydrogen-bond acceptors (Lipinski definition) is 3. The number of carbonyl (C=O) groups excluding carboxylic acids is 2. The zero-order valence-corrected chi connectivity index (χ0v) is 15.1. The van der Waals surface area contributed by atoms with Crippen molar-refractivity contribution in [1.29, 1.82) is 0 Å². The molecule has 2 aromatic rings. The van der Waals surface area contributed by atoms with Gasteiger partial charge in [-0.25, -0.2) is 0 Å². The van der Waals surface area contributed by atoms with Crippen LogP contribution in [-0.4, -0.2) is 36.9 Å². The Kier molecular flexibility index (Phi) is 6.81. The molecular weight excluding hydrogens is 383 g/mol. The number of rotatable bonds is 6. The number of halogens is 4. The Morgan fingerprint density at radius 3 is 2.07 bits per heavy atom. The number of para-hydroxylation sites is 1. The van der Waals surface area contributed by atoms with E-state index < -0.39 is 22.7 Å². The topological polar surface area (TPSA) is 61.4 Å². The molecule has 0 atom stereocenters. The molecular formula is C18H17ClF3N3O2. The van der Waals surface area contributed by atoms with Crippen molar-refractivity contribution in [2.24, 2.45) is 0 Å². The van der Waals surface area contributed by atoms with Crippen molar-refractivity contribution in [1.82, 2.24) is 4.90 Å². The number of likely N-dealkylation sites (N-methyl/N-ethyl adjacent to an activating group) is 1. The van der Waals surface area contributed by atoms with Gasteiger partial charge in [0.1, 0.15) is 0 Å². The number of hydrogen-bond donors (Lipinski definition) is 2. The van der Waals surface area contributed by atoms with Gasteiger partial charge >= 0.3 is 6.18 Å². The van der Waals surface area contributed by atoms with Gasteiger partial charge in [-0.3, -0.25) is 14.5 Å². The van der Waals surface area contributed by atoms with Crippen LogP contribution in [0.5, 0.6) is 0 Å². The number of nitrogens with zero attached hydrogens (tertiary/aromatic N) is 1. The predicted octanol–water partition coefficient (Wildman–Crippen LogP) is 3.87. The van der Waals surface area contributed by atoms with E-state index in [4.69, 9.17) is 11.6 Å². The summed E-state index contributed by atoms with van der Waals surface area (Å²) in [6, 6.07) is 11.9. The summed E-state index contributed by atoms with van der Waals surface area (Å²) in [6.07, 6.45) is -4.62. The molecule has 0 aliphatic carbocycles. The highest BCUT2D eigenvalue weighted by Crippen LogP contribution is 2.36. The van der Waals surface area contributed by atoms with Gasteiger partial charge in [0, 0.05) is 11.4 Å². The number of amides is 2. The van der Waals surface area contributed by atoms with Gasteiger partial charge in [0.15, 0.2) is 0 Å². The zero-order valence-electron chi connectivity index (χ0n) is 14.3. The Morgan fingerprint density at radius 1 is 0.963 bits per heavy atom. The van der Waals surface area contributed by atoms with Crippen molar-refractivity contribution < 1.29 is 22.8 Å². The first-order chi connectivity index (χ1) is 12.6. The minimum atomic E-state index is -4.62. The maximum Gasteiger partial charge on any atom is 0.417 e. The molecule has 0 spiro atoms. The Labute approximate surface area is 159 Å². The summed E-state index contributed by atoms with van der Waals surface area (Å²) in [7, 11) is 1.55. The van der Waals surface area contributed by atoms with Gasteiger partial charge in [-0.15, -0.1) is 0 Å². The molecule has 0 heterocycles. The molecule has 0 saturated heterocycles. The van der Waals surface area contributed by atoms with E-state index in [0.29, 0.717) is 5.69 Å². The van der Waals surface area contributed by atoms with Crippen LogP contribution in [0, 0.1) is 0 Å². The Morgan fingerprint density at radius 2 is 1.52 bits per heavy atom. The lowest BCUT2D eigenvalue weighted by Gasteiger charge is -2.17. The van der Waals surface area contributed by atoms with Gasteiger partial charge in [0.25, 0.3) is 0 Å². The fraction of sp³-hybridized carbons (Fsp3) is 0.222. The summed E-state index contributed by atoms with van der Waals surface area (Å²) in [6.45, 7) is -0.233. The minimum Gasteiger partial charge on any atom is -0.325 e. The van der Waals surface area contributed by atoms with Gasteiger partial charge in [-0.2, -0.15) is 13.2 Å². The molecule has 5 nitrogen and oxygen atoms in total. The van der Waals surface area contributed by atoms with Gasteiger partial charge in [-0.05, 0) is 37.4 Å². The van der Waals surface area contributed by atoms with E-state index in [1.165, 1.54) is 11.0 Å². The molecule has 0 unspecified atom stereocenters. The van der Waals surface area contributed by atoms with E-state index >= 15 is 0 Å². The van der Waals surface area contributed by atoms with Crippen molar-refractivity contribution >= 4 is 34.8 Å². The molecule has 27 heavy (non-hydrogen) atoms. The summed E-state index contributed by atoms with van der Waals surface area (Å²) in [4.78, 5) is 25.4. The highest BCUT2D eigenvalue weighted by molar-refractivity contribution is 6.31. The summed E-state index contributed by atoms with van der Waals surface area (Å²) in [5.74, 6) is -0.872. The molecule has 0 aromatic heterocycles. The SMILES string of the molecule is CN(CC(=O)Nc1ccccc1)CC(=O)Nc1ccc(Cl)c(C(F)(F)F)c1. The maximum atomic E-state index is 12.8. The lowest BCUT2D eigenvalue weighted by molar-refractivity contribution is -0.137. The average Bonchev–Trinajstić information content (AvgIpc) is 2.56. The molecule has 2 amide bonds. The number of alkyl halides is 3. The standard InChI is InChI=1S/C18H17ClF3N3O2/c1-25(10-16(26)23-12-5-3-2-4-6-12)11-17(27)24-13-7-8-15(19)14(9-13)18(20,21)22/h2-9H,10-11H2,1H3,(H,23,26)(H,24,27). The van der Waals surface area contributed by atoms with Crippen molar-refractivity contribution in [3.8, 4) is 0 Å². The summed E-state index contributed by atoms with van der Waals surface area (Å²) >= 11 is 5.54. The number of nitrogens with one attached hydrogen (secondary N) is 2. The van der Waals surface area contributed by atoms with E-state index in [9.17, 15) is 22.8 Å². The zero-order chi connectivity index (χ0) is 20.0. The van der Waals surface area contributed by atoms with Crippen LogP contribution in [0.3, 0.4) is 0 Å². The van der Waals surface area contributed by atoms with Crippen LogP contribution in [0.25, 0.3) is 0 Å². The molecule has 9 heteroatoms.